The van der Waals surface area contributed by atoms with E-state index in [1.807, 2.05) is 12.1 Å². The van der Waals surface area contributed by atoms with E-state index in [4.69, 9.17) is 4.74 Å². The minimum Gasteiger partial charge on any atom is -0.497 e. The Bertz CT molecular complexity index is 328. The molecule has 0 atom stereocenters. The molecule has 1 N–H and O–H groups in total. The summed E-state index contributed by atoms with van der Waals surface area (Å²) in [6.07, 6.45) is 0. The number of carbonyl (C=O) groups excluding carboxylic acids is 1. The molecule has 1 aromatic carbocycles. The molecule has 0 fully saturated rings. The lowest BCUT2D eigenvalue weighted by atomic mass is 10.3. The Labute approximate surface area is 99.1 Å². The SMILES string of the molecule is COc1cccc(NC(=O)C(Br)Br)c1. The summed E-state index contributed by atoms with van der Waals surface area (Å²) in [4.78, 5) is 11.3. The number of alkyl halides is 2. The predicted molar refractivity (Wildman–Crippen MR) is 63.3 cm³/mol. The lowest BCUT2D eigenvalue weighted by Gasteiger charge is -2.07. The summed E-state index contributed by atoms with van der Waals surface area (Å²) in [6.45, 7) is 0. The summed E-state index contributed by atoms with van der Waals surface area (Å²) < 4.78 is 4.63. The van der Waals surface area contributed by atoms with Crippen LogP contribution in [0.5, 0.6) is 5.75 Å². The number of carbonyl (C=O) groups is 1. The average molecular weight is 323 g/mol. The van der Waals surface area contributed by atoms with Crippen LogP contribution in [0.2, 0.25) is 0 Å². The van der Waals surface area contributed by atoms with Crippen LogP contribution in [0.25, 0.3) is 0 Å². The van der Waals surface area contributed by atoms with E-state index in [2.05, 4.69) is 37.2 Å². The van der Waals surface area contributed by atoms with E-state index < -0.39 is 0 Å². The number of anilines is 1. The van der Waals surface area contributed by atoms with Crippen molar-refractivity contribution in [2.45, 2.75) is 3.74 Å². The standard InChI is InChI=1S/C9H9Br2NO2/c1-14-7-4-2-3-6(5-7)12-9(13)8(10)11/h2-5,8H,1H3,(H,12,13). The van der Waals surface area contributed by atoms with Crippen molar-refractivity contribution in [2.75, 3.05) is 12.4 Å². The fraction of sp³-hybridized carbons (Fsp3) is 0.222. The first kappa shape index (κ1) is 11.5. The van der Waals surface area contributed by atoms with Crippen LogP contribution in [0.1, 0.15) is 0 Å². The van der Waals surface area contributed by atoms with Gasteiger partial charge in [0.1, 0.15) is 9.49 Å². The smallest absolute Gasteiger partial charge is 0.248 e. The largest absolute Gasteiger partial charge is 0.497 e. The van der Waals surface area contributed by atoms with Gasteiger partial charge in [0, 0.05) is 11.8 Å². The first-order chi connectivity index (χ1) is 6.63. The third-order valence-electron chi connectivity index (χ3n) is 1.54. The van der Waals surface area contributed by atoms with Crippen LogP contribution in [-0.2, 0) is 4.79 Å². The number of nitrogens with one attached hydrogen (secondary N) is 1. The monoisotopic (exact) mass is 321 g/mol. The van der Waals surface area contributed by atoms with E-state index in [-0.39, 0.29) is 9.64 Å². The fourth-order valence-corrected chi connectivity index (χ4v) is 1.13. The Morgan fingerprint density at radius 1 is 1.50 bits per heavy atom. The van der Waals surface area contributed by atoms with Gasteiger partial charge in [0.2, 0.25) is 5.91 Å². The molecule has 0 spiro atoms. The van der Waals surface area contributed by atoms with Crippen LogP contribution in [-0.4, -0.2) is 16.8 Å². The predicted octanol–water partition coefficient (Wildman–Crippen LogP) is 2.75. The minimum absolute atomic E-state index is 0.154. The third kappa shape index (κ3) is 3.31. The summed E-state index contributed by atoms with van der Waals surface area (Å²) in [5, 5.41) is 2.70. The van der Waals surface area contributed by atoms with E-state index in [9.17, 15) is 4.79 Å². The normalized spacial score (nSPS) is 10.0. The summed E-state index contributed by atoms with van der Waals surface area (Å²) in [5.41, 5.74) is 0.707. The van der Waals surface area contributed by atoms with Crippen LogP contribution in [0.15, 0.2) is 24.3 Å². The number of hydrogen-bond donors (Lipinski definition) is 1. The van der Waals surface area contributed by atoms with Gasteiger partial charge in [-0.15, -0.1) is 0 Å². The number of halogens is 2. The van der Waals surface area contributed by atoms with Gasteiger partial charge in [0.15, 0.2) is 0 Å². The molecule has 0 saturated heterocycles. The van der Waals surface area contributed by atoms with Gasteiger partial charge in [-0.2, -0.15) is 0 Å². The molecule has 1 amide bonds. The highest BCUT2D eigenvalue weighted by atomic mass is 79.9. The molecule has 0 aliphatic heterocycles. The number of ether oxygens (including phenoxy) is 1. The number of methoxy groups -OCH3 is 1. The van der Waals surface area contributed by atoms with Crippen LogP contribution in [0.4, 0.5) is 5.69 Å². The molecule has 0 bridgehead atoms. The summed E-state index contributed by atoms with van der Waals surface area (Å²) >= 11 is 6.21. The molecule has 14 heavy (non-hydrogen) atoms. The first-order valence-electron chi connectivity index (χ1n) is 3.86. The highest BCUT2D eigenvalue weighted by molar-refractivity contribution is 9.25. The topological polar surface area (TPSA) is 38.3 Å². The Morgan fingerprint density at radius 3 is 2.79 bits per heavy atom. The van der Waals surface area contributed by atoms with E-state index in [0.29, 0.717) is 11.4 Å². The van der Waals surface area contributed by atoms with Crippen molar-refractivity contribution in [1.82, 2.24) is 0 Å². The first-order valence-corrected chi connectivity index (χ1v) is 5.69. The molecule has 3 nitrogen and oxygen atoms in total. The zero-order valence-corrected chi connectivity index (χ0v) is 10.6. The number of rotatable bonds is 3. The molecule has 0 radical (unpaired) electrons. The lowest BCUT2D eigenvalue weighted by molar-refractivity contribution is -0.114. The molecule has 0 unspecified atom stereocenters. The van der Waals surface area contributed by atoms with Crippen LogP contribution in [0.3, 0.4) is 0 Å². The van der Waals surface area contributed by atoms with Gasteiger partial charge in [-0.1, -0.05) is 37.9 Å². The molecule has 0 aromatic heterocycles. The van der Waals surface area contributed by atoms with Crippen molar-refractivity contribution in [3.05, 3.63) is 24.3 Å². The quantitative estimate of drug-likeness (QED) is 0.869. The van der Waals surface area contributed by atoms with Gasteiger partial charge < -0.3 is 10.1 Å². The van der Waals surface area contributed by atoms with E-state index in [1.54, 1.807) is 19.2 Å². The maximum absolute atomic E-state index is 11.3. The van der Waals surface area contributed by atoms with Gasteiger partial charge in [-0.3, -0.25) is 4.79 Å². The van der Waals surface area contributed by atoms with E-state index in [0.717, 1.165) is 0 Å². The lowest BCUT2D eigenvalue weighted by Crippen LogP contribution is -2.17. The molecule has 0 aliphatic carbocycles. The molecule has 76 valence electrons. The molecule has 0 heterocycles. The molecular weight excluding hydrogens is 314 g/mol. The summed E-state index contributed by atoms with van der Waals surface area (Å²) in [6, 6.07) is 7.17. The van der Waals surface area contributed by atoms with Crippen molar-refractivity contribution < 1.29 is 9.53 Å². The highest BCUT2D eigenvalue weighted by Gasteiger charge is 2.10. The fourth-order valence-electron chi connectivity index (χ4n) is 0.898. The van der Waals surface area contributed by atoms with Crippen LogP contribution >= 0.6 is 31.9 Å². The molecule has 0 saturated carbocycles. The maximum Gasteiger partial charge on any atom is 0.248 e. The summed E-state index contributed by atoms with van der Waals surface area (Å²) in [5.74, 6) is 0.557. The van der Waals surface area contributed by atoms with Gasteiger partial charge in [0.05, 0.1) is 7.11 Å². The van der Waals surface area contributed by atoms with Gasteiger partial charge in [0.25, 0.3) is 0 Å². The second-order valence-electron chi connectivity index (χ2n) is 2.52. The number of hydrogen-bond acceptors (Lipinski definition) is 2. The van der Waals surface area contributed by atoms with Crippen LogP contribution < -0.4 is 10.1 Å². The van der Waals surface area contributed by atoms with Crippen molar-refractivity contribution >= 4 is 43.5 Å². The van der Waals surface area contributed by atoms with Crippen molar-refractivity contribution in [2.24, 2.45) is 0 Å². The average Bonchev–Trinajstić information content (AvgIpc) is 2.18. The minimum atomic E-state index is -0.388. The number of benzene rings is 1. The second kappa shape index (κ2) is 5.36. The van der Waals surface area contributed by atoms with E-state index >= 15 is 0 Å². The summed E-state index contributed by atoms with van der Waals surface area (Å²) in [7, 11) is 1.58. The van der Waals surface area contributed by atoms with Crippen LogP contribution in [0, 0.1) is 0 Å². The number of amides is 1. The molecular formula is C9H9Br2NO2. The molecule has 5 heteroatoms. The van der Waals surface area contributed by atoms with Gasteiger partial charge in [-0.05, 0) is 12.1 Å². The van der Waals surface area contributed by atoms with Gasteiger partial charge in [-0.25, -0.2) is 0 Å². The molecule has 1 rings (SSSR count). The second-order valence-corrected chi connectivity index (χ2v) is 5.58. The van der Waals surface area contributed by atoms with Crippen molar-refractivity contribution in [3.63, 3.8) is 0 Å². The zero-order chi connectivity index (χ0) is 10.6. The Kier molecular flexibility index (Phi) is 4.41. The highest BCUT2D eigenvalue weighted by Crippen LogP contribution is 2.18. The Balaban J connectivity index is 2.72. The molecule has 0 aliphatic rings. The zero-order valence-electron chi connectivity index (χ0n) is 7.46. The van der Waals surface area contributed by atoms with Crippen molar-refractivity contribution in [3.8, 4) is 5.75 Å². The van der Waals surface area contributed by atoms with E-state index in [1.165, 1.54) is 0 Å². The third-order valence-corrected chi connectivity index (χ3v) is 2.37. The molecule has 1 aromatic rings. The Morgan fingerprint density at radius 2 is 2.21 bits per heavy atom. The van der Waals surface area contributed by atoms with Crippen molar-refractivity contribution in [1.29, 1.82) is 0 Å². The van der Waals surface area contributed by atoms with Gasteiger partial charge >= 0.3 is 0 Å². The maximum atomic E-state index is 11.3. The Hall–Kier alpha value is -0.550.